The molecule has 4 heteroatoms. The molecule has 0 radical (unpaired) electrons. The van der Waals surface area contributed by atoms with Crippen molar-refractivity contribution in [3.05, 3.63) is 29.0 Å². The van der Waals surface area contributed by atoms with Crippen LogP contribution in [-0.2, 0) is 6.54 Å². The molecule has 3 rings (SSSR count). The summed E-state index contributed by atoms with van der Waals surface area (Å²) in [6, 6.07) is 3.99. The van der Waals surface area contributed by atoms with E-state index in [9.17, 15) is 0 Å². The van der Waals surface area contributed by atoms with Crippen LogP contribution >= 0.6 is 11.6 Å². The molecule has 1 aromatic rings. The first kappa shape index (κ1) is 15.3. The Kier molecular flexibility index (Phi) is 4.82. The number of nitrogens with zero attached hydrogens (tertiary/aromatic N) is 3. The molecular formula is C17H26ClN3. The maximum atomic E-state index is 5.85. The average Bonchev–Trinajstić information content (AvgIpc) is 2.67. The van der Waals surface area contributed by atoms with Crippen LogP contribution in [0.3, 0.4) is 0 Å². The van der Waals surface area contributed by atoms with E-state index in [-0.39, 0.29) is 0 Å². The average molecular weight is 308 g/mol. The molecule has 1 spiro atoms. The van der Waals surface area contributed by atoms with E-state index in [1.807, 2.05) is 12.3 Å². The van der Waals surface area contributed by atoms with Crippen molar-refractivity contribution < 1.29 is 0 Å². The normalized spacial score (nSPS) is 24.1. The van der Waals surface area contributed by atoms with Crippen LogP contribution in [0.4, 0.5) is 0 Å². The smallest absolute Gasteiger partial charge is 0.129 e. The Bertz CT molecular complexity index is 452. The van der Waals surface area contributed by atoms with Crippen LogP contribution in [0.1, 0.15) is 37.7 Å². The van der Waals surface area contributed by atoms with Crippen molar-refractivity contribution in [2.24, 2.45) is 5.41 Å². The first-order chi connectivity index (χ1) is 10.2. The Morgan fingerprint density at radius 3 is 2.57 bits per heavy atom. The van der Waals surface area contributed by atoms with E-state index >= 15 is 0 Å². The topological polar surface area (TPSA) is 19.4 Å². The van der Waals surface area contributed by atoms with Gasteiger partial charge in [-0.2, -0.15) is 0 Å². The number of likely N-dealkylation sites (tertiary alicyclic amines) is 2. The highest BCUT2D eigenvalue weighted by atomic mass is 35.5. The van der Waals surface area contributed by atoms with Crippen LogP contribution in [0.2, 0.25) is 5.15 Å². The first-order valence-electron chi connectivity index (χ1n) is 8.17. The van der Waals surface area contributed by atoms with Crippen molar-refractivity contribution >= 4 is 11.6 Å². The molecule has 2 aliphatic heterocycles. The lowest BCUT2D eigenvalue weighted by Crippen LogP contribution is -2.40. The van der Waals surface area contributed by atoms with Crippen molar-refractivity contribution in [3.63, 3.8) is 0 Å². The second-order valence-corrected chi connectivity index (χ2v) is 7.31. The van der Waals surface area contributed by atoms with Gasteiger partial charge in [0.05, 0.1) is 0 Å². The molecule has 0 aliphatic carbocycles. The van der Waals surface area contributed by atoms with Gasteiger partial charge in [0, 0.05) is 12.7 Å². The van der Waals surface area contributed by atoms with Gasteiger partial charge in [0.2, 0.25) is 0 Å². The highest BCUT2D eigenvalue weighted by molar-refractivity contribution is 6.29. The molecule has 0 atom stereocenters. The lowest BCUT2D eigenvalue weighted by molar-refractivity contribution is 0.0848. The molecule has 0 unspecified atom stereocenters. The molecule has 3 nitrogen and oxygen atoms in total. The summed E-state index contributed by atoms with van der Waals surface area (Å²) in [6.07, 6.45) is 8.82. The number of halogens is 1. The summed E-state index contributed by atoms with van der Waals surface area (Å²) < 4.78 is 0. The van der Waals surface area contributed by atoms with Crippen molar-refractivity contribution in [1.82, 2.24) is 14.8 Å². The second-order valence-electron chi connectivity index (χ2n) is 6.92. The fraction of sp³-hybridized carbons (Fsp3) is 0.706. The van der Waals surface area contributed by atoms with Crippen LogP contribution in [0, 0.1) is 5.41 Å². The summed E-state index contributed by atoms with van der Waals surface area (Å²) in [5, 5.41) is 0.582. The highest BCUT2D eigenvalue weighted by Crippen LogP contribution is 2.41. The zero-order valence-corrected chi connectivity index (χ0v) is 13.8. The maximum absolute atomic E-state index is 5.85. The van der Waals surface area contributed by atoms with Crippen LogP contribution in [0.5, 0.6) is 0 Å². The third-order valence-electron chi connectivity index (χ3n) is 5.38. The van der Waals surface area contributed by atoms with Crippen molar-refractivity contribution in [2.45, 2.75) is 38.6 Å². The number of hydrogen-bond acceptors (Lipinski definition) is 3. The molecule has 0 amide bonds. The van der Waals surface area contributed by atoms with E-state index in [0.717, 1.165) is 6.54 Å². The zero-order chi connectivity index (χ0) is 14.7. The third kappa shape index (κ3) is 3.97. The van der Waals surface area contributed by atoms with Gasteiger partial charge in [0.25, 0.3) is 0 Å². The van der Waals surface area contributed by atoms with Gasteiger partial charge in [0.1, 0.15) is 5.15 Å². The summed E-state index contributed by atoms with van der Waals surface area (Å²) >= 11 is 5.85. The first-order valence-corrected chi connectivity index (χ1v) is 8.54. The van der Waals surface area contributed by atoms with E-state index in [1.54, 1.807) is 0 Å². The van der Waals surface area contributed by atoms with E-state index in [1.165, 1.54) is 63.8 Å². The van der Waals surface area contributed by atoms with Gasteiger partial charge in [-0.25, -0.2) is 4.98 Å². The molecule has 0 bridgehead atoms. The SMILES string of the molecule is CN1CCCC2(CC1)CCN(Cc1ccc(Cl)nc1)CC2. The number of hydrogen-bond donors (Lipinski definition) is 0. The second kappa shape index (κ2) is 6.64. The van der Waals surface area contributed by atoms with Crippen LogP contribution in [-0.4, -0.2) is 48.0 Å². The van der Waals surface area contributed by atoms with Gasteiger partial charge in [-0.15, -0.1) is 0 Å². The Morgan fingerprint density at radius 1 is 1.10 bits per heavy atom. The van der Waals surface area contributed by atoms with Gasteiger partial charge >= 0.3 is 0 Å². The predicted molar refractivity (Wildman–Crippen MR) is 87.5 cm³/mol. The summed E-state index contributed by atoms with van der Waals surface area (Å²) in [7, 11) is 2.27. The standard InChI is InChI=1S/C17H26ClN3/c1-20-9-2-5-17(6-10-20)7-11-21(12-8-17)14-15-3-4-16(18)19-13-15/h3-4,13H,2,5-12,14H2,1H3. The molecule has 2 saturated heterocycles. The molecule has 21 heavy (non-hydrogen) atoms. The molecule has 0 saturated carbocycles. The Balaban J connectivity index is 1.53. The molecule has 2 aliphatic rings. The van der Waals surface area contributed by atoms with Gasteiger partial charge in [0.15, 0.2) is 0 Å². The molecular weight excluding hydrogens is 282 g/mol. The molecule has 116 valence electrons. The van der Waals surface area contributed by atoms with Gasteiger partial charge < -0.3 is 4.90 Å². The predicted octanol–water partition coefficient (Wildman–Crippen LogP) is 3.43. The van der Waals surface area contributed by atoms with Gasteiger partial charge in [-0.3, -0.25) is 4.90 Å². The lowest BCUT2D eigenvalue weighted by Gasteiger charge is -2.41. The van der Waals surface area contributed by atoms with Crippen LogP contribution < -0.4 is 0 Å². The maximum Gasteiger partial charge on any atom is 0.129 e. The minimum atomic E-state index is 0.582. The highest BCUT2D eigenvalue weighted by Gasteiger charge is 2.35. The monoisotopic (exact) mass is 307 g/mol. The Hall–Kier alpha value is -0.640. The summed E-state index contributed by atoms with van der Waals surface area (Å²) in [5.74, 6) is 0. The fourth-order valence-corrected chi connectivity index (χ4v) is 3.94. The number of aromatic nitrogens is 1. The molecule has 3 heterocycles. The fourth-order valence-electron chi connectivity index (χ4n) is 3.83. The minimum Gasteiger partial charge on any atom is -0.306 e. The molecule has 0 aromatic carbocycles. The van der Waals surface area contributed by atoms with Crippen molar-refractivity contribution in [1.29, 1.82) is 0 Å². The van der Waals surface area contributed by atoms with Crippen molar-refractivity contribution in [3.8, 4) is 0 Å². The summed E-state index contributed by atoms with van der Waals surface area (Å²) in [5.41, 5.74) is 1.90. The summed E-state index contributed by atoms with van der Waals surface area (Å²) in [4.78, 5) is 9.26. The van der Waals surface area contributed by atoms with E-state index in [2.05, 4.69) is 27.9 Å². The largest absolute Gasteiger partial charge is 0.306 e. The quantitative estimate of drug-likeness (QED) is 0.780. The number of pyridine rings is 1. The van der Waals surface area contributed by atoms with E-state index in [0.29, 0.717) is 10.6 Å². The van der Waals surface area contributed by atoms with E-state index in [4.69, 9.17) is 11.6 Å². The number of piperidine rings is 1. The Morgan fingerprint density at radius 2 is 1.86 bits per heavy atom. The molecule has 0 N–H and O–H groups in total. The molecule has 1 aromatic heterocycles. The molecule has 2 fully saturated rings. The van der Waals surface area contributed by atoms with Gasteiger partial charge in [-0.1, -0.05) is 17.7 Å². The summed E-state index contributed by atoms with van der Waals surface area (Å²) in [6.45, 7) is 6.03. The van der Waals surface area contributed by atoms with Crippen LogP contribution in [0.25, 0.3) is 0 Å². The van der Waals surface area contributed by atoms with Crippen LogP contribution in [0.15, 0.2) is 18.3 Å². The zero-order valence-electron chi connectivity index (χ0n) is 13.0. The Labute approximate surface area is 133 Å². The van der Waals surface area contributed by atoms with E-state index < -0.39 is 0 Å². The van der Waals surface area contributed by atoms with Gasteiger partial charge in [-0.05, 0) is 82.4 Å². The third-order valence-corrected chi connectivity index (χ3v) is 5.61. The minimum absolute atomic E-state index is 0.582. The van der Waals surface area contributed by atoms with Crippen molar-refractivity contribution in [2.75, 3.05) is 33.2 Å². The number of rotatable bonds is 2. The lowest BCUT2D eigenvalue weighted by atomic mass is 9.73.